The van der Waals surface area contributed by atoms with Crippen molar-refractivity contribution in [1.29, 1.82) is 0 Å². The van der Waals surface area contributed by atoms with Gasteiger partial charge in [-0.05, 0) is 17.5 Å². The summed E-state index contributed by atoms with van der Waals surface area (Å²) in [5, 5.41) is 9.94. The third-order valence-electron chi connectivity index (χ3n) is 4.68. The van der Waals surface area contributed by atoms with Crippen LogP contribution in [0.1, 0.15) is 23.6 Å². The van der Waals surface area contributed by atoms with Crippen molar-refractivity contribution < 1.29 is 49.4 Å². The summed E-state index contributed by atoms with van der Waals surface area (Å²) in [5.74, 6) is -10.9. The molecule has 0 fully saturated rings. The summed E-state index contributed by atoms with van der Waals surface area (Å²) in [7, 11) is 0. The molecular formula is C22H13F9O2. The molecular weight excluding hydrogens is 467 g/mol. The summed E-state index contributed by atoms with van der Waals surface area (Å²) in [6.07, 6.45) is -9.80. The lowest BCUT2D eigenvalue weighted by molar-refractivity contribution is -0.189. The maximum Gasteiger partial charge on any atom is 0.432 e. The molecule has 3 aromatic carbocycles. The van der Waals surface area contributed by atoms with Gasteiger partial charge in [0.15, 0.2) is 5.82 Å². The molecule has 3 aromatic rings. The Morgan fingerprint density at radius 1 is 0.788 bits per heavy atom. The number of aromatic hydroxyl groups is 1. The van der Waals surface area contributed by atoms with E-state index in [2.05, 4.69) is 4.74 Å². The van der Waals surface area contributed by atoms with E-state index < -0.39 is 63.7 Å². The minimum atomic E-state index is -5.47. The van der Waals surface area contributed by atoms with E-state index in [-0.39, 0.29) is 23.8 Å². The number of phenolic OH excluding ortho intramolecular Hbond substituents is 1. The highest BCUT2D eigenvalue weighted by atomic mass is 19.4. The number of hydrogen-bond acceptors (Lipinski definition) is 2. The fraction of sp³-hybridized carbons (Fsp3) is 0.182. The van der Waals surface area contributed by atoms with E-state index >= 15 is 0 Å². The summed E-state index contributed by atoms with van der Waals surface area (Å²) in [6.45, 7) is 1.81. The van der Waals surface area contributed by atoms with E-state index in [0.29, 0.717) is 6.42 Å². The second kappa shape index (κ2) is 8.53. The molecule has 0 unspecified atom stereocenters. The number of phenols is 1. The average Bonchev–Trinajstić information content (AvgIpc) is 2.65. The zero-order valence-corrected chi connectivity index (χ0v) is 16.5. The van der Waals surface area contributed by atoms with Gasteiger partial charge in [0.25, 0.3) is 0 Å². The first-order valence-electron chi connectivity index (χ1n) is 9.20. The minimum Gasteiger partial charge on any atom is -0.507 e. The Balaban J connectivity index is 2.08. The Bertz CT molecular complexity index is 1160. The maximum absolute atomic E-state index is 15.0. The Hall–Kier alpha value is -3.37. The average molecular weight is 480 g/mol. The zero-order chi connectivity index (χ0) is 24.7. The van der Waals surface area contributed by atoms with Gasteiger partial charge in [-0.15, -0.1) is 0 Å². The van der Waals surface area contributed by atoms with Crippen molar-refractivity contribution >= 4 is 0 Å². The molecule has 0 atom stereocenters. The number of benzene rings is 3. The van der Waals surface area contributed by atoms with Crippen molar-refractivity contribution in [3.63, 3.8) is 0 Å². The van der Waals surface area contributed by atoms with Crippen LogP contribution >= 0.6 is 0 Å². The molecule has 3 rings (SSSR count). The van der Waals surface area contributed by atoms with Gasteiger partial charge in [0.05, 0.1) is 5.56 Å². The number of ether oxygens (including phenoxy) is 1. The molecule has 0 saturated heterocycles. The summed E-state index contributed by atoms with van der Waals surface area (Å²) in [6, 6.07) is 5.41. The van der Waals surface area contributed by atoms with Crippen molar-refractivity contribution in [3.8, 4) is 22.6 Å². The molecule has 0 aromatic heterocycles. The van der Waals surface area contributed by atoms with Crippen molar-refractivity contribution in [2.24, 2.45) is 0 Å². The van der Waals surface area contributed by atoms with Gasteiger partial charge in [0.1, 0.15) is 40.1 Å². The van der Waals surface area contributed by atoms with Crippen LogP contribution in [0.15, 0.2) is 42.5 Å². The first kappa shape index (κ1) is 24.3. The maximum atomic E-state index is 15.0. The Labute approximate surface area is 180 Å². The second-order valence-corrected chi connectivity index (χ2v) is 6.87. The van der Waals surface area contributed by atoms with Crippen molar-refractivity contribution in [2.75, 3.05) is 0 Å². The van der Waals surface area contributed by atoms with Crippen molar-refractivity contribution in [3.05, 3.63) is 82.4 Å². The standard InChI is InChI=1S/C22H13F9O2/c1-2-10-3-5-11(6-4-10)17-16(32)9-15(25)19(20(17)26)22(30,31)33-12-7-13(23)18(14(24)8-12)21(27,28)29/h3-9,32H,2H2,1H3. The Kier molecular flexibility index (Phi) is 6.27. The SMILES string of the molecule is CCc1ccc(-c2c(O)cc(F)c(C(F)(F)Oc3cc(F)c(C(F)(F)F)c(F)c3)c2F)cc1. The molecule has 0 aliphatic rings. The largest absolute Gasteiger partial charge is 0.507 e. The number of aryl methyl sites for hydroxylation is 1. The summed E-state index contributed by atoms with van der Waals surface area (Å²) in [5.41, 5.74) is -4.47. The smallest absolute Gasteiger partial charge is 0.432 e. The van der Waals surface area contributed by atoms with Gasteiger partial charge in [-0.25, -0.2) is 17.6 Å². The van der Waals surface area contributed by atoms with Crippen LogP contribution in [-0.4, -0.2) is 5.11 Å². The Morgan fingerprint density at radius 2 is 1.30 bits per heavy atom. The van der Waals surface area contributed by atoms with E-state index in [9.17, 15) is 44.6 Å². The molecule has 11 heteroatoms. The molecule has 176 valence electrons. The van der Waals surface area contributed by atoms with Gasteiger partial charge in [0, 0.05) is 18.2 Å². The van der Waals surface area contributed by atoms with E-state index in [1.807, 2.05) is 6.92 Å². The summed E-state index contributed by atoms with van der Waals surface area (Å²) < 4.78 is 128. The van der Waals surface area contributed by atoms with Gasteiger partial charge >= 0.3 is 12.3 Å². The number of alkyl halides is 5. The lowest BCUT2D eigenvalue weighted by Crippen LogP contribution is -2.26. The van der Waals surface area contributed by atoms with Gasteiger partial charge in [-0.3, -0.25) is 0 Å². The van der Waals surface area contributed by atoms with Crippen LogP contribution in [0.2, 0.25) is 0 Å². The molecule has 0 bridgehead atoms. The third kappa shape index (κ3) is 4.71. The van der Waals surface area contributed by atoms with Crippen LogP contribution in [0.25, 0.3) is 11.1 Å². The van der Waals surface area contributed by atoms with E-state index in [1.54, 1.807) is 0 Å². The van der Waals surface area contributed by atoms with Crippen LogP contribution in [0, 0.1) is 23.3 Å². The molecule has 0 aliphatic heterocycles. The van der Waals surface area contributed by atoms with Crippen molar-refractivity contribution in [1.82, 2.24) is 0 Å². The van der Waals surface area contributed by atoms with Gasteiger partial charge in [0.2, 0.25) is 0 Å². The topological polar surface area (TPSA) is 29.5 Å². The molecule has 1 N–H and O–H groups in total. The Morgan fingerprint density at radius 3 is 1.79 bits per heavy atom. The number of halogens is 9. The molecule has 2 nitrogen and oxygen atoms in total. The van der Waals surface area contributed by atoms with E-state index in [1.165, 1.54) is 24.3 Å². The molecule has 0 amide bonds. The van der Waals surface area contributed by atoms with Crippen LogP contribution < -0.4 is 4.74 Å². The highest BCUT2D eigenvalue weighted by Crippen LogP contribution is 2.43. The van der Waals surface area contributed by atoms with Gasteiger partial charge in [-0.2, -0.15) is 22.0 Å². The number of hydrogen-bond donors (Lipinski definition) is 1. The predicted octanol–water partition coefficient (Wildman–Crippen LogP) is 7.33. The number of rotatable bonds is 5. The lowest BCUT2D eigenvalue weighted by Gasteiger charge is -2.21. The first-order chi connectivity index (χ1) is 15.3. The monoisotopic (exact) mass is 480 g/mol. The molecule has 0 heterocycles. The molecule has 0 aliphatic carbocycles. The van der Waals surface area contributed by atoms with Crippen LogP contribution in [0.5, 0.6) is 11.5 Å². The lowest BCUT2D eigenvalue weighted by atomic mass is 9.98. The van der Waals surface area contributed by atoms with Crippen LogP contribution in [-0.2, 0) is 18.7 Å². The molecule has 0 spiro atoms. The molecule has 33 heavy (non-hydrogen) atoms. The zero-order valence-electron chi connectivity index (χ0n) is 16.5. The second-order valence-electron chi connectivity index (χ2n) is 6.87. The van der Waals surface area contributed by atoms with Crippen LogP contribution in [0.4, 0.5) is 39.5 Å². The highest BCUT2D eigenvalue weighted by molar-refractivity contribution is 5.72. The fourth-order valence-corrected chi connectivity index (χ4v) is 3.13. The van der Waals surface area contributed by atoms with Gasteiger partial charge < -0.3 is 9.84 Å². The summed E-state index contributed by atoms with van der Waals surface area (Å²) >= 11 is 0. The third-order valence-corrected chi connectivity index (χ3v) is 4.68. The van der Waals surface area contributed by atoms with Gasteiger partial charge in [-0.1, -0.05) is 31.2 Å². The normalized spacial score (nSPS) is 12.2. The summed E-state index contributed by atoms with van der Waals surface area (Å²) in [4.78, 5) is 0. The van der Waals surface area contributed by atoms with Crippen LogP contribution in [0.3, 0.4) is 0 Å². The quantitative estimate of drug-likeness (QED) is 0.388. The molecule has 0 saturated carbocycles. The molecule has 0 radical (unpaired) electrons. The fourth-order valence-electron chi connectivity index (χ4n) is 3.13. The predicted molar refractivity (Wildman–Crippen MR) is 98.7 cm³/mol. The first-order valence-corrected chi connectivity index (χ1v) is 9.20. The minimum absolute atomic E-state index is 0.0918. The highest BCUT2D eigenvalue weighted by Gasteiger charge is 2.44. The van der Waals surface area contributed by atoms with E-state index in [4.69, 9.17) is 0 Å². The van der Waals surface area contributed by atoms with E-state index in [0.717, 1.165) is 5.56 Å². The van der Waals surface area contributed by atoms with Crippen molar-refractivity contribution in [2.45, 2.75) is 25.6 Å².